The largest absolute Gasteiger partial charge is 0.493 e. The molecule has 94 valence electrons. The van der Waals surface area contributed by atoms with E-state index in [2.05, 4.69) is 0 Å². The lowest BCUT2D eigenvalue weighted by molar-refractivity contribution is 0.169. The summed E-state index contributed by atoms with van der Waals surface area (Å²) in [6.07, 6.45) is 1.02. The van der Waals surface area contributed by atoms with E-state index in [9.17, 15) is 0 Å². The van der Waals surface area contributed by atoms with Crippen molar-refractivity contribution < 1.29 is 14.2 Å². The molecule has 1 aromatic rings. The SMILES string of the molecule is COc1ccccc1OCC(N)C1CCOC1. The third-order valence-corrected chi connectivity index (χ3v) is 3.07. The van der Waals surface area contributed by atoms with E-state index in [0.717, 1.165) is 31.1 Å². The summed E-state index contributed by atoms with van der Waals surface area (Å²) in [5.41, 5.74) is 6.07. The fourth-order valence-electron chi connectivity index (χ4n) is 1.95. The second-order valence-corrected chi connectivity index (χ2v) is 4.25. The Bertz CT molecular complexity index is 350. The van der Waals surface area contributed by atoms with E-state index >= 15 is 0 Å². The van der Waals surface area contributed by atoms with Crippen molar-refractivity contribution in [2.45, 2.75) is 12.5 Å². The molecule has 0 saturated carbocycles. The van der Waals surface area contributed by atoms with E-state index in [4.69, 9.17) is 19.9 Å². The van der Waals surface area contributed by atoms with Crippen LogP contribution >= 0.6 is 0 Å². The van der Waals surface area contributed by atoms with E-state index in [1.54, 1.807) is 7.11 Å². The summed E-state index contributed by atoms with van der Waals surface area (Å²) in [5.74, 6) is 1.89. The van der Waals surface area contributed by atoms with Crippen LogP contribution in [0.15, 0.2) is 24.3 Å². The number of hydrogen-bond acceptors (Lipinski definition) is 4. The smallest absolute Gasteiger partial charge is 0.161 e. The molecule has 2 N–H and O–H groups in total. The second kappa shape index (κ2) is 5.89. The minimum Gasteiger partial charge on any atom is -0.493 e. The predicted octanol–water partition coefficient (Wildman–Crippen LogP) is 1.44. The number of nitrogens with two attached hydrogens (primary N) is 1. The number of benzene rings is 1. The van der Waals surface area contributed by atoms with Crippen molar-refractivity contribution in [3.63, 3.8) is 0 Å². The van der Waals surface area contributed by atoms with Crippen LogP contribution in [0.25, 0.3) is 0 Å². The molecule has 1 saturated heterocycles. The maximum Gasteiger partial charge on any atom is 0.161 e. The standard InChI is InChI=1S/C13H19NO3/c1-15-12-4-2-3-5-13(12)17-9-11(14)10-6-7-16-8-10/h2-5,10-11H,6-9,14H2,1H3. The zero-order valence-corrected chi connectivity index (χ0v) is 10.1. The Labute approximate surface area is 102 Å². The van der Waals surface area contributed by atoms with Gasteiger partial charge in [0.25, 0.3) is 0 Å². The fraction of sp³-hybridized carbons (Fsp3) is 0.538. The Hall–Kier alpha value is -1.26. The average molecular weight is 237 g/mol. The highest BCUT2D eigenvalue weighted by Gasteiger charge is 2.23. The van der Waals surface area contributed by atoms with Crippen LogP contribution in [-0.2, 0) is 4.74 Å². The van der Waals surface area contributed by atoms with Crippen LogP contribution < -0.4 is 15.2 Å². The zero-order chi connectivity index (χ0) is 12.1. The van der Waals surface area contributed by atoms with Gasteiger partial charge in [0, 0.05) is 18.6 Å². The molecule has 4 nitrogen and oxygen atoms in total. The summed E-state index contributed by atoms with van der Waals surface area (Å²) in [7, 11) is 1.63. The highest BCUT2D eigenvalue weighted by Crippen LogP contribution is 2.26. The minimum absolute atomic E-state index is 0.0161. The van der Waals surface area contributed by atoms with Crippen LogP contribution in [0.3, 0.4) is 0 Å². The van der Waals surface area contributed by atoms with E-state index < -0.39 is 0 Å². The first-order valence-electron chi connectivity index (χ1n) is 5.90. The van der Waals surface area contributed by atoms with Crippen molar-refractivity contribution in [2.24, 2.45) is 11.7 Å². The van der Waals surface area contributed by atoms with Crippen LogP contribution in [0.1, 0.15) is 6.42 Å². The van der Waals surface area contributed by atoms with Gasteiger partial charge in [0.2, 0.25) is 0 Å². The Morgan fingerprint density at radius 3 is 2.82 bits per heavy atom. The van der Waals surface area contributed by atoms with Crippen molar-refractivity contribution in [2.75, 3.05) is 26.9 Å². The van der Waals surface area contributed by atoms with Gasteiger partial charge in [-0.15, -0.1) is 0 Å². The lowest BCUT2D eigenvalue weighted by Crippen LogP contribution is -2.36. The first-order chi connectivity index (χ1) is 8.31. The topological polar surface area (TPSA) is 53.7 Å². The third-order valence-electron chi connectivity index (χ3n) is 3.07. The van der Waals surface area contributed by atoms with Gasteiger partial charge in [0.05, 0.1) is 13.7 Å². The van der Waals surface area contributed by atoms with E-state index in [1.807, 2.05) is 24.3 Å². The molecule has 0 amide bonds. The summed E-state index contributed by atoms with van der Waals surface area (Å²) in [6, 6.07) is 7.61. The van der Waals surface area contributed by atoms with Crippen LogP contribution in [-0.4, -0.2) is 33.0 Å². The fourth-order valence-corrected chi connectivity index (χ4v) is 1.95. The zero-order valence-electron chi connectivity index (χ0n) is 10.1. The van der Waals surface area contributed by atoms with Gasteiger partial charge in [0.1, 0.15) is 6.61 Å². The Morgan fingerprint density at radius 2 is 2.18 bits per heavy atom. The minimum atomic E-state index is 0.0161. The summed E-state index contributed by atoms with van der Waals surface area (Å²) < 4.78 is 16.2. The highest BCUT2D eigenvalue weighted by molar-refractivity contribution is 5.39. The normalized spacial score (nSPS) is 21.2. The number of hydrogen-bond donors (Lipinski definition) is 1. The van der Waals surface area contributed by atoms with Gasteiger partial charge in [-0.25, -0.2) is 0 Å². The maximum atomic E-state index is 6.07. The van der Waals surface area contributed by atoms with Gasteiger partial charge in [-0.05, 0) is 18.6 Å². The third kappa shape index (κ3) is 3.11. The van der Waals surface area contributed by atoms with Crippen molar-refractivity contribution in [3.8, 4) is 11.5 Å². The molecule has 2 atom stereocenters. The number of para-hydroxylation sites is 2. The molecule has 1 aliphatic heterocycles. The molecule has 1 heterocycles. The Kier molecular flexibility index (Phi) is 4.23. The number of methoxy groups -OCH3 is 1. The van der Waals surface area contributed by atoms with Crippen molar-refractivity contribution in [3.05, 3.63) is 24.3 Å². The van der Waals surface area contributed by atoms with Crippen LogP contribution in [0.5, 0.6) is 11.5 Å². The molecule has 2 rings (SSSR count). The Balaban J connectivity index is 1.88. The molecule has 1 aromatic carbocycles. The lowest BCUT2D eigenvalue weighted by Gasteiger charge is -2.19. The molecular weight excluding hydrogens is 218 g/mol. The summed E-state index contributed by atoms with van der Waals surface area (Å²) in [5, 5.41) is 0. The predicted molar refractivity (Wildman–Crippen MR) is 65.4 cm³/mol. The van der Waals surface area contributed by atoms with Crippen molar-refractivity contribution in [1.29, 1.82) is 0 Å². The molecule has 0 aromatic heterocycles. The van der Waals surface area contributed by atoms with Gasteiger partial charge >= 0.3 is 0 Å². The maximum absolute atomic E-state index is 6.07. The molecule has 2 unspecified atom stereocenters. The molecule has 4 heteroatoms. The molecule has 0 spiro atoms. The van der Waals surface area contributed by atoms with Gasteiger partial charge in [-0.1, -0.05) is 12.1 Å². The van der Waals surface area contributed by atoms with E-state index in [1.165, 1.54) is 0 Å². The van der Waals surface area contributed by atoms with Gasteiger partial charge < -0.3 is 19.9 Å². The van der Waals surface area contributed by atoms with Gasteiger partial charge in [-0.3, -0.25) is 0 Å². The molecule has 0 aliphatic carbocycles. The quantitative estimate of drug-likeness (QED) is 0.842. The van der Waals surface area contributed by atoms with Crippen LogP contribution in [0.4, 0.5) is 0 Å². The van der Waals surface area contributed by atoms with Crippen LogP contribution in [0.2, 0.25) is 0 Å². The molecule has 0 bridgehead atoms. The molecule has 0 radical (unpaired) electrons. The van der Waals surface area contributed by atoms with Gasteiger partial charge in [-0.2, -0.15) is 0 Å². The average Bonchev–Trinajstić information content (AvgIpc) is 2.90. The lowest BCUT2D eigenvalue weighted by atomic mass is 10.0. The highest BCUT2D eigenvalue weighted by atomic mass is 16.5. The molecular formula is C13H19NO3. The van der Waals surface area contributed by atoms with Crippen LogP contribution in [0, 0.1) is 5.92 Å². The Morgan fingerprint density at radius 1 is 1.41 bits per heavy atom. The van der Waals surface area contributed by atoms with E-state index in [-0.39, 0.29) is 6.04 Å². The summed E-state index contributed by atoms with van der Waals surface area (Å²) >= 11 is 0. The van der Waals surface area contributed by atoms with E-state index in [0.29, 0.717) is 12.5 Å². The molecule has 1 fully saturated rings. The number of ether oxygens (including phenoxy) is 3. The van der Waals surface area contributed by atoms with Crippen molar-refractivity contribution >= 4 is 0 Å². The van der Waals surface area contributed by atoms with Gasteiger partial charge in [0.15, 0.2) is 11.5 Å². The molecule has 1 aliphatic rings. The first-order valence-corrected chi connectivity index (χ1v) is 5.90. The first kappa shape index (κ1) is 12.2. The summed E-state index contributed by atoms with van der Waals surface area (Å²) in [4.78, 5) is 0. The number of rotatable bonds is 5. The summed E-state index contributed by atoms with van der Waals surface area (Å²) in [6.45, 7) is 2.05. The molecule has 17 heavy (non-hydrogen) atoms. The monoisotopic (exact) mass is 237 g/mol. The van der Waals surface area contributed by atoms with Crippen molar-refractivity contribution in [1.82, 2.24) is 0 Å². The second-order valence-electron chi connectivity index (χ2n) is 4.25.